The first-order chi connectivity index (χ1) is 22.0. The standard InChI is InChI=1S/C32H25Cl2FN4O7/c1-45-20-14-23(40)25(24(15-20)46-2)26-21-12-13-36-29(43)38(18-6-4-3-5-7-18)30(44)39(36)22(21)16-31(33)27(41)37(28(42)32(26,31)34)19-10-8-17(35)9-11-19/h3-12,14-15,22,26,40H,13,16H2,1-2H3/t22-,26-,31-,32+/m1/s1. The Morgan fingerprint density at radius 1 is 0.891 bits per heavy atom. The lowest BCUT2D eigenvalue weighted by Gasteiger charge is -2.49. The fourth-order valence-corrected chi connectivity index (χ4v) is 7.84. The van der Waals surface area contributed by atoms with Crippen LogP contribution in [0.5, 0.6) is 17.2 Å². The highest BCUT2D eigenvalue weighted by atomic mass is 35.5. The summed E-state index contributed by atoms with van der Waals surface area (Å²) in [4.78, 5) is 52.8. The summed E-state index contributed by atoms with van der Waals surface area (Å²) in [5.74, 6) is -3.85. The molecule has 1 N–H and O–H groups in total. The third-order valence-corrected chi connectivity index (χ3v) is 10.4. The fourth-order valence-electron chi connectivity index (χ4n) is 6.94. The molecule has 4 atom stereocenters. The van der Waals surface area contributed by atoms with Crippen LogP contribution in [0, 0.1) is 5.82 Å². The molecule has 2 amide bonds. The smallest absolute Gasteiger partial charge is 0.352 e. The Morgan fingerprint density at radius 3 is 2.24 bits per heavy atom. The third-order valence-electron chi connectivity index (χ3n) is 9.02. The number of rotatable bonds is 5. The van der Waals surface area contributed by atoms with Crippen LogP contribution < -0.4 is 25.8 Å². The molecule has 11 nitrogen and oxygen atoms in total. The van der Waals surface area contributed by atoms with Gasteiger partial charge in [0.05, 0.1) is 38.2 Å². The van der Waals surface area contributed by atoms with Gasteiger partial charge in [0, 0.05) is 30.0 Å². The Balaban J connectivity index is 1.51. The Bertz CT molecular complexity index is 2090. The molecule has 0 unspecified atom stereocenters. The zero-order valence-electron chi connectivity index (χ0n) is 24.3. The number of nitrogens with zero attached hydrogens (tertiary/aromatic N) is 4. The van der Waals surface area contributed by atoms with Gasteiger partial charge in [-0.2, -0.15) is 0 Å². The number of benzene rings is 3. The van der Waals surface area contributed by atoms with Crippen LogP contribution in [-0.2, 0) is 16.1 Å². The number of methoxy groups -OCH3 is 2. The molecular formula is C32H25Cl2FN4O7. The van der Waals surface area contributed by atoms with Gasteiger partial charge in [-0.05, 0) is 42.0 Å². The number of ether oxygens (including phenoxy) is 2. The first-order valence-corrected chi connectivity index (χ1v) is 14.9. The number of alkyl halides is 2. The summed E-state index contributed by atoms with van der Waals surface area (Å²) in [6.45, 7) is -0.0957. The summed E-state index contributed by atoms with van der Waals surface area (Å²) >= 11 is 14.7. The average Bonchev–Trinajstić information content (AvgIpc) is 3.39. The number of para-hydroxylation sites is 1. The van der Waals surface area contributed by atoms with Gasteiger partial charge >= 0.3 is 11.4 Å². The van der Waals surface area contributed by atoms with Gasteiger partial charge in [-0.15, -0.1) is 23.2 Å². The molecule has 1 saturated carbocycles. The predicted molar refractivity (Wildman–Crippen MR) is 166 cm³/mol. The van der Waals surface area contributed by atoms with Crippen LogP contribution in [0.25, 0.3) is 5.69 Å². The molecule has 2 fully saturated rings. The van der Waals surface area contributed by atoms with Crippen molar-refractivity contribution in [2.75, 3.05) is 19.1 Å². The van der Waals surface area contributed by atoms with Crippen LogP contribution in [0.2, 0.25) is 0 Å². The van der Waals surface area contributed by atoms with E-state index in [1.54, 1.807) is 36.4 Å². The van der Waals surface area contributed by atoms with Gasteiger partial charge in [-0.3, -0.25) is 9.59 Å². The Labute approximate surface area is 270 Å². The Kier molecular flexibility index (Phi) is 6.73. The van der Waals surface area contributed by atoms with Gasteiger partial charge in [0.1, 0.15) is 23.1 Å². The van der Waals surface area contributed by atoms with E-state index >= 15 is 0 Å². The molecule has 1 aliphatic carbocycles. The monoisotopic (exact) mass is 666 g/mol. The van der Waals surface area contributed by atoms with Crippen LogP contribution in [0.3, 0.4) is 0 Å². The average molecular weight is 667 g/mol. The Hall–Kier alpha value is -4.81. The molecule has 1 saturated heterocycles. The molecule has 14 heteroatoms. The van der Waals surface area contributed by atoms with Crippen LogP contribution in [-0.4, -0.2) is 54.8 Å². The van der Waals surface area contributed by atoms with Crippen molar-refractivity contribution in [2.24, 2.45) is 0 Å². The predicted octanol–water partition coefficient (Wildman–Crippen LogP) is 3.86. The van der Waals surface area contributed by atoms with Gasteiger partial charge in [0.15, 0.2) is 9.75 Å². The van der Waals surface area contributed by atoms with Crippen molar-refractivity contribution in [3.63, 3.8) is 0 Å². The number of aromatic nitrogens is 3. The number of phenolic OH excluding ortho intramolecular Hbond substituents is 1. The van der Waals surface area contributed by atoms with Crippen LogP contribution in [0.15, 0.2) is 88.0 Å². The minimum Gasteiger partial charge on any atom is -0.507 e. The summed E-state index contributed by atoms with van der Waals surface area (Å²) in [5, 5.41) is 11.4. The number of carbonyl (C=O) groups excluding carboxylic acids is 2. The second-order valence-electron chi connectivity index (χ2n) is 11.2. The number of amides is 2. The van der Waals surface area contributed by atoms with Gasteiger partial charge in [0.2, 0.25) is 0 Å². The highest BCUT2D eigenvalue weighted by Crippen LogP contribution is 2.65. The van der Waals surface area contributed by atoms with Crippen LogP contribution >= 0.6 is 23.2 Å². The van der Waals surface area contributed by atoms with Crippen molar-refractivity contribution >= 4 is 40.7 Å². The summed E-state index contributed by atoms with van der Waals surface area (Å²) in [7, 11) is 2.74. The lowest BCUT2D eigenvalue weighted by molar-refractivity contribution is -0.122. The van der Waals surface area contributed by atoms with Gasteiger partial charge in [-0.1, -0.05) is 24.3 Å². The maximum absolute atomic E-state index is 14.5. The van der Waals surface area contributed by atoms with E-state index in [2.05, 4.69) is 0 Å². The quantitative estimate of drug-likeness (QED) is 0.195. The molecule has 236 valence electrons. The highest BCUT2D eigenvalue weighted by molar-refractivity contribution is 6.58. The first kappa shape index (κ1) is 29.9. The first-order valence-electron chi connectivity index (χ1n) is 14.1. The van der Waals surface area contributed by atoms with Crippen LogP contribution in [0.1, 0.15) is 23.9 Å². The second-order valence-corrected chi connectivity index (χ2v) is 12.5. The number of aromatic hydroxyl groups is 1. The van der Waals surface area contributed by atoms with Gasteiger partial charge < -0.3 is 14.6 Å². The van der Waals surface area contributed by atoms with E-state index in [0.29, 0.717) is 11.3 Å². The molecule has 0 spiro atoms. The molecule has 0 radical (unpaired) electrons. The summed E-state index contributed by atoms with van der Waals surface area (Å²) in [6.07, 6.45) is 1.27. The van der Waals surface area contributed by atoms with E-state index in [1.807, 2.05) is 0 Å². The van der Waals surface area contributed by atoms with Crippen molar-refractivity contribution in [1.29, 1.82) is 0 Å². The number of hydrogen-bond acceptors (Lipinski definition) is 7. The van der Waals surface area contributed by atoms with E-state index < -0.39 is 50.7 Å². The number of halogens is 3. The largest absolute Gasteiger partial charge is 0.507 e. The normalized spacial score (nSPS) is 25.1. The SMILES string of the molecule is COc1cc(O)c([C@H]2C3=CCn4c(=O)n(-c5ccccc5)c(=O)n4[C@@H]3C[C@@]3(Cl)C(=O)N(c4ccc(F)cc4)C(=O)[C@@]23Cl)c(OC)c1. The molecule has 3 aromatic carbocycles. The lowest BCUT2D eigenvalue weighted by Crippen LogP contribution is -2.59. The molecule has 3 aliphatic rings. The lowest BCUT2D eigenvalue weighted by atomic mass is 9.64. The number of carbonyl (C=O) groups is 2. The number of fused-ring (bicyclic) bond motifs is 4. The van der Waals surface area contributed by atoms with Crippen LogP contribution in [0.4, 0.5) is 10.1 Å². The maximum atomic E-state index is 14.5. The molecular weight excluding hydrogens is 642 g/mol. The highest BCUT2D eigenvalue weighted by Gasteiger charge is 2.76. The number of hydrogen-bond donors (Lipinski definition) is 1. The van der Waals surface area contributed by atoms with Crippen molar-refractivity contribution < 1.29 is 28.6 Å². The zero-order valence-corrected chi connectivity index (χ0v) is 25.8. The minimum atomic E-state index is -2.28. The maximum Gasteiger partial charge on any atom is 0.352 e. The summed E-state index contributed by atoms with van der Waals surface area (Å²) < 4.78 is 28.3. The molecule has 46 heavy (non-hydrogen) atoms. The summed E-state index contributed by atoms with van der Waals surface area (Å²) in [6, 6.07) is 14.7. The minimum absolute atomic E-state index is 0.0210. The van der Waals surface area contributed by atoms with Crippen molar-refractivity contribution in [3.8, 4) is 22.9 Å². The van der Waals surface area contributed by atoms with Crippen molar-refractivity contribution in [3.05, 3.63) is 111 Å². The molecule has 1 aromatic heterocycles. The van der Waals surface area contributed by atoms with Gasteiger partial charge in [-0.25, -0.2) is 32.8 Å². The van der Waals surface area contributed by atoms with E-state index in [9.17, 15) is 28.7 Å². The number of anilines is 1. The van der Waals surface area contributed by atoms with E-state index in [1.165, 1.54) is 47.8 Å². The van der Waals surface area contributed by atoms with E-state index in [0.717, 1.165) is 21.6 Å². The Morgan fingerprint density at radius 2 is 1.59 bits per heavy atom. The number of phenols is 1. The third kappa shape index (κ3) is 3.83. The molecule has 2 aliphatic heterocycles. The fraction of sp³-hybridized carbons (Fsp3) is 0.250. The zero-order chi connectivity index (χ0) is 32.7. The number of allylic oxidation sites excluding steroid dienone is 2. The van der Waals surface area contributed by atoms with E-state index in [4.69, 9.17) is 32.7 Å². The molecule has 3 heterocycles. The topological polar surface area (TPSA) is 125 Å². The molecule has 4 aromatic rings. The molecule has 7 rings (SSSR count). The molecule has 0 bridgehead atoms. The van der Waals surface area contributed by atoms with Crippen molar-refractivity contribution in [2.45, 2.75) is 34.7 Å². The second kappa shape index (κ2) is 10.4. The number of imide groups is 1. The van der Waals surface area contributed by atoms with Crippen molar-refractivity contribution in [1.82, 2.24) is 13.9 Å². The van der Waals surface area contributed by atoms with Gasteiger partial charge in [0.25, 0.3) is 11.8 Å². The summed E-state index contributed by atoms with van der Waals surface area (Å²) in [5.41, 5.74) is -0.590. The van der Waals surface area contributed by atoms with E-state index in [-0.39, 0.29) is 41.5 Å².